The summed E-state index contributed by atoms with van der Waals surface area (Å²) in [5.74, 6) is 0.723. The summed E-state index contributed by atoms with van der Waals surface area (Å²) in [6, 6.07) is 8.66. The summed E-state index contributed by atoms with van der Waals surface area (Å²) in [7, 11) is 0. The maximum atomic E-state index is 12.6. The normalized spacial score (nSPS) is 22.8. The molecule has 1 atom stereocenters. The highest BCUT2D eigenvalue weighted by Crippen LogP contribution is 2.34. The Hall–Kier alpha value is -1.16. The first-order valence-electron chi connectivity index (χ1n) is 8.49. The van der Waals surface area contributed by atoms with Gasteiger partial charge in [-0.15, -0.1) is 11.8 Å². The van der Waals surface area contributed by atoms with Crippen LogP contribution in [-0.2, 0) is 0 Å². The summed E-state index contributed by atoms with van der Waals surface area (Å²) in [6.45, 7) is 0.913. The van der Waals surface area contributed by atoms with Crippen LogP contribution in [0.5, 0.6) is 0 Å². The van der Waals surface area contributed by atoms with Crippen LogP contribution in [-0.4, -0.2) is 29.8 Å². The average molecular weight is 318 g/mol. The van der Waals surface area contributed by atoms with Gasteiger partial charge in [-0.1, -0.05) is 19.3 Å². The zero-order chi connectivity index (χ0) is 15.4. The van der Waals surface area contributed by atoms with Crippen molar-refractivity contribution in [2.75, 3.05) is 18.1 Å². The van der Waals surface area contributed by atoms with Crippen molar-refractivity contribution in [3.63, 3.8) is 0 Å². The van der Waals surface area contributed by atoms with Gasteiger partial charge in [0, 0.05) is 23.2 Å². The van der Waals surface area contributed by atoms with E-state index in [9.17, 15) is 4.79 Å². The Bertz CT molecular complexity index is 496. The second-order valence-corrected chi connectivity index (χ2v) is 7.34. The molecular weight excluding hydrogens is 292 g/mol. The number of carbonyl (C=O) groups excluding carboxylic acids is 1. The van der Waals surface area contributed by atoms with Gasteiger partial charge in [0.15, 0.2) is 0 Å². The number of thioether (sulfide) groups is 1. The van der Waals surface area contributed by atoms with Crippen molar-refractivity contribution >= 4 is 23.5 Å². The van der Waals surface area contributed by atoms with Crippen LogP contribution in [0.15, 0.2) is 29.2 Å². The Balaban J connectivity index is 1.62. The van der Waals surface area contributed by atoms with E-state index >= 15 is 0 Å². The molecule has 1 aromatic rings. The van der Waals surface area contributed by atoms with Crippen LogP contribution in [0, 0.1) is 5.92 Å². The van der Waals surface area contributed by atoms with Crippen molar-refractivity contribution < 1.29 is 4.79 Å². The first kappa shape index (κ1) is 15.7. The number of hydrogen-bond acceptors (Lipinski definition) is 2. The average Bonchev–Trinajstić information content (AvgIpc) is 3.06. The molecule has 2 amide bonds. The quantitative estimate of drug-likeness (QED) is 0.797. The van der Waals surface area contributed by atoms with E-state index in [0.29, 0.717) is 6.04 Å². The van der Waals surface area contributed by atoms with Crippen LogP contribution in [0.1, 0.15) is 44.9 Å². The van der Waals surface area contributed by atoms with E-state index in [2.05, 4.69) is 28.6 Å². The van der Waals surface area contributed by atoms with Gasteiger partial charge < -0.3 is 10.2 Å². The smallest absolute Gasteiger partial charge is 0.321 e. The Labute approximate surface area is 137 Å². The number of likely N-dealkylation sites (tertiary alicyclic amines) is 1. The molecule has 0 spiro atoms. The minimum Gasteiger partial charge on any atom is -0.321 e. The molecule has 2 aliphatic rings. The first-order chi connectivity index (χ1) is 10.8. The lowest BCUT2D eigenvalue weighted by molar-refractivity contribution is 0.166. The van der Waals surface area contributed by atoms with Gasteiger partial charge in [0.1, 0.15) is 0 Å². The number of carbonyl (C=O) groups is 1. The van der Waals surface area contributed by atoms with Crippen molar-refractivity contribution in [1.29, 1.82) is 0 Å². The molecule has 3 nitrogen and oxygen atoms in total. The fraction of sp³-hybridized carbons (Fsp3) is 0.611. The Morgan fingerprint density at radius 2 is 1.82 bits per heavy atom. The highest BCUT2D eigenvalue weighted by molar-refractivity contribution is 7.98. The van der Waals surface area contributed by atoms with Crippen LogP contribution in [0.3, 0.4) is 0 Å². The summed E-state index contributed by atoms with van der Waals surface area (Å²) in [6.07, 6.45) is 11.1. The summed E-state index contributed by atoms with van der Waals surface area (Å²) in [5.41, 5.74) is 0.900. The van der Waals surface area contributed by atoms with Crippen molar-refractivity contribution in [1.82, 2.24) is 4.90 Å². The van der Waals surface area contributed by atoms with Gasteiger partial charge in [-0.05, 0) is 62.1 Å². The van der Waals surface area contributed by atoms with Crippen molar-refractivity contribution in [2.45, 2.75) is 55.9 Å². The Kier molecular flexibility index (Phi) is 5.29. The van der Waals surface area contributed by atoms with E-state index in [-0.39, 0.29) is 6.03 Å². The fourth-order valence-corrected chi connectivity index (χ4v) is 4.33. The van der Waals surface area contributed by atoms with E-state index < -0.39 is 0 Å². The maximum absolute atomic E-state index is 12.6. The Morgan fingerprint density at radius 1 is 1.09 bits per heavy atom. The van der Waals surface area contributed by atoms with E-state index in [4.69, 9.17) is 0 Å². The number of hydrogen-bond donors (Lipinski definition) is 1. The molecule has 1 aromatic carbocycles. The summed E-state index contributed by atoms with van der Waals surface area (Å²) < 4.78 is 0. The van der Waals surface area contributed by atoms with Crippen LogP contribution >= 0.6 is 11.8 Å². The molecule has 2 fully saturated rings. The van der Waals surface area contributed by atoms with Gasteiger partial charge >= 0.3 is 6.03 Å². The van der Waals surface area contributed by atoms with Gasteiger partial charge in [-0.2, -0.15) is 0 Å². The number of rotatable bonds is 3. The van der Waals surface area contributed by atoms with Crippen LogP contribution < -0.4 is 5.32 Å². The highest BCUT2D eigenvalue weighted by Gasteiger charge is 2.35. The lowest BCUT2D eigenvalue weighted by atomic mass is 9.83. The maximum Gasteiger partial charge on any atom is 0.322 e. The monoisotopic (exact) mass is 318 g/mol. The molecule has 1 aliphatic heterocycles. The predicted molar refractivity (Wildman–Crippen MR) is 93.5 cm³/mol. The minimum absolute atomic E-state index is 0.0879. The van der Waals surface area contributed by atoms with Crippen LogP contribution in [0.25, 0.3) is 0 Å². The molecule has 1 heterocycles. The van der Waals surface area contributed by atoms with E-state index in [1.807, 2.05) is 12.1 Å². The van der Waals surface area contributed by atoms with Gasteiger partial charge in [0.2, 0.25) is 0 Å². The molecule has 1 aliphatic carbocycles. The SMILES string of the molecule is CSc1ccc(NC(=O)N2CCCC2C2CCCCC2)cc1. The summed E-state index contributed by atoms with van der Waals surface area (Å²) in [5, 5.41) is 3.08. The van der Waals surface area contributed by atoms with E-state index in [1.165, 1.54) is 43.4 Å². The number of nitrogens with one attached hydrogen (secondary N) is 1. The van der Waals surface area contributed by atoms with Gasteiger partial charge in [-0.3, -0.25) is 0 Å². The fourth-order valence-electron chi connectivity index (χ4n) is 3.92. The lowest BCUT2D eigenvalue weighted by Crippen LogP contribution is -2.43. The molecule has 120 valence electrons. The number of nitrogens with zero attached hydrogens (tertiary/aromatic N) is 1. The molecule has 1 unspecified atom stereocenters. The molecule has 0 aromatic heterocycles. The summed E-state index contributed by atoms with van der Waals surface area (Å²) in [4.78, 5) is 15.9. The second kappa shape index (κ2) is 7.40. The lowest BCUT2D eigenvalue weighted by Gasteiger charge is -2.34. The first-order valence-corrected chi connectivity index (χ1v) is 9.72. The molecule has 0 radical (unpaired) electrons. The van der Waals surface area contributed by atoms with Crippen LogP contribution in [0.2, 0.25) is 0 Å². The van der Waals surface area contributed by atoms with Gasteiger partial charge in [0.05, 0.1) is 0 Å². The van der Waals surface area contributed by atoms with E-state index in [0.717, 1.165) is 24.6 Å². The third-order valence-electron chi connectivity index (χ3n) is 5.10. The van der Waals surface area contributed by atoms with Crippen molar-refractivity contribution in [3.8, 4) is 0 Å². The van der Waals surface area contributed by atoms with E-state index in [1.54, 1.807) is 11.8 Å². The topological polar surface area (TPSA) is 32.3 Å². The van der Waals surface area contributed by atoms with Gasteiger partial charge in [0.25, 0.3) is 0 Å². The molecule has 4 heteroatoms. The molecule has 1 saturated carbocycles. The number of urea groups is 1. The standard InChI is InChI=1S/C18H26N2OS/c1-22-16-11-9-15(10-12-16)19-18(21)20-13-5-8-17(20)14-6-3-2-4-7-14/h9-12,14,17H,2-8,13H2,1H3,(H,19,21). The third-order valence-corrected chi connectivity index (χ3v) is 5.84. The zero-order valence-electron chi connectivity index (χ0n) is 13.4. The molecule has 22 heavy (non-hydrogen) atoms. The Morgan fingerprint density at radius 3 is 2.50 bits per heavy atom. The number of benzene rings is 1. The third kappa shape index (κ3) is 3.60. The number of amides is 2. The largest absolute Gasteiger partial charge is 0.322 e. The summed E-state index contributed by atoms with van der Waals surface area (Å²) >= 11 is 1.72. The highest BCUT2D eigenvalue weighted by atomic mass is 32.2. The molecule has 1 saturated heterocycles. The molecule has 0 bridgehead atoms. The number of anilines is 1. The minimum atomic E-state index is 0.0879. The molecular formula is C18H26N2OS. The zero-order valence-corrected chi connectivity index (χ0v) is 14.2. The van der Waals surface area contributed by atoms with Gasteiger partial charge in [-0.25, -0.2) is 4.79 Å². The molecule has 3 rings (SSSR count). The second-order valence-electron chi connectivity index (χ2n) is 6.46. The molecule has 1 N–H and O–H groups in total. The van der Waals surface area contributed by atoms with Crippen molar-refractivity contribution in [2.24, 2.45) is 5.92 Å². The predicted octanol–water partition coefficient (Wildman–Crippen LogP) is 4.99. The van der Waals surface area contributed by atoms with Crippen molar-refractivity contribution in [3.05, 3.63) is 24.3 Å². The van der Waals surface area contributed by atoms with Crippen LogP contribution in [0.4, 0.5) is 10.5 Å².